The predicted octanol–water partition coefficient (Wildman–Crippen LogP) is 7.77. The summed E-state index contributed by atoms with van der Waals surface area (Å²) < 4.78 is 8.28. The third-order valence-electron chi connectivity index (χ3n) is 7.45. The van der Waals surface area contributed by atoms with Crippen LogP contribution in [0, 0.1) is 39.9 Å². The Labute approximate surface area is 218 Å². The molecule has 5 nitrogen and oxygen atoms in total. The maximum atomic E-state index is 10.3. The number of fused-ring (bicyclic) bond motifs is 6. The van der Waals surface area contributed by atoms with Crippen molar-refractivity contribution in [3.8, 4) is 18.2 Å². The summed E-state index contributed by atoms with van der Waals surface area (Å²) in [5.41, 5.74) is 6.65. The first-order chi connectivity index (χ1) is 18.7. The maximum absolute atomic E-state index is 10.3. The average Bonchev–Trinajstić information content (AvgIpc) is 3.50. The molecule has 5 heteroatoms. The lowest BCUT2D eigenvalue weighted by Crippen LogP contribution is -2.20. The van der Waals surface area contributed by atoms with E-state index in [-0.39, 0.29) is 6.04 Å². The molecule has 0 spiro atoms. The number of allylic oxidation sites excluding steroid dienone is 4. The van der Waals surface area contributed by atoms with Gasteiger partial charge in [0.1, 0.15) is 11.2 Å². The molecule has 0 radical (unpaired) electrons. The van der Waals surface area contributed by atoms with Crippen LogP contribution in [0.25, 0.3) is 49.3 Å². The Bertz CT molecular complexity index is 2140. The Morgan fingerprint density at radius 2 is 1.37 bits per heavy atom. The highest BCUT2D eigenvalue weighted by Crippen LogP contribution is 2.44. The fourth-order valence-electron chi connectivity index (χ4n) is 5.76. The molecule has 0 bridgehead atoms. The number of benzene rings is 4. The van der Waals surface area contributed by atoms with Crippen LogP contribution in [0.3, 0.4) is 0 Å². The van der Waals surface area contributed by atoms with E-state index in [1.165, 1.54) is 0 Å². The van der Waals surface area contributed by atoms with Gasteiger partial charge in [-0.1, -0.05) is 42.5 Å². The lowest BCUT2D eigenvalue weighted by molar-refractivity contribution is 0.576. The quantitative estimate of drug-likeness (QED) is 0.250. The summed E-state index contributed by atoms with van der Waals surface area (Å²) in [6, 6.07) is 32.1. The summed E-state index contributed by atoms with van der Waals surface area (Å²) in [6.07, 6.45) is 5.98. The van der Waals surface area contributed by atoms with Crippen molar-refractivity contribution in [1.82, 2.24) is 4.57 Å². The van der Waals surface area contributed by atoms with Gasteiger partial charge in [-0.3, -0.25) is 0 Å². The van der Waals surface area contributed by atoms with Crippen molar-refractivity contribution in [2.45, 2.75) is 6.04 Å². The average molecular weight is 487 g/mol. The summed E-state index contributed by atoms with van der Waals surface area (Å²) in [5, 5.41) is 33.1. The summed E-state index contributed by atoms with van der Waals surface area (Å²) in [7, 11) is 0. The van der Waals surface area contributed by atoms with E-state index in [4.69, 9.17) is 4.42 Å². The largest absolute Gasteiger partial charge is 0.456 e. The number of rotatable bonds is 2. The third-order valence-corrected chi connectivity index (χ3v) is 7.45. The van der Waals surface area contributed by atoms with Gasteiger partial charge in [0.15, 0.2) is 0 Å². The molecule has 0 fully saturated rings. The molecule has 2 heterocycles. The van der Waals surface area contributed by atoms with Crippen LogP contribution >= 0.6 is 0 Å². The van der Waals surface area contributed by atoms with Gasteiger partial charge in [-0.05, 0) is 65.7 Å². The summed E-state index contributed by atoms with van der Waals surface area (Å²) >= 11 is 0. The van der Waals surface area contributed by atoms with E-state index in [1.807, 2.05) is 66.7 Å². The zero-order chi connectivity index (χ0) is 25.8. The number of nitriles is 3. The third kappa shape index (κ3) is 3.09. The summed E-state index contributed by atoms with van der Waals surface area (Å²) in [6.45, 7) is 0. The number of furan rings is 1. The highest BCUT2D eigenvalue weighted by atomic mass is 16.3. The van der Waals surface area contributed by atoms with Crippen molar-refractivity contribution in [3.63, 3.8) is 0 Å². The number of hydrogen-bond acceptors (Lipinski definition) is 4. The molecule has 1 aliphatic carbocycles. The second-order valence-electron chi connectivity index (χ2n) is 9.47. The van der Waals surface area contributed by atoms with E-state index in [9.17, 15) is 15.8 Å². The molecule has 4 aromatic carbocycles. The van der Waals surface area contributed by atoms with Crippen LogP contribution in [0.4, 0.5) is 0 Å². The van der Waals surface area contributed by atoms with E-state index in [0.29, 0.717) is 11.1 Å². The Morgan fingerprint density at radius 1 is 0.684 bits per heavy atom. The molecule has 7 rings (SSSR count). The minimum Gasteiger partial charge on any atom is -0.456 e. The minimum atomic E-state index is -0.397. The van der Waals surface area contributed by atoms with Gasteiger partial charge in [0.05, 0.1) is 41.3 Å². The van der Waals surface area contributed by atoms with Gasteiger partial charge in [0, 0.05) is 32.6 Å². The second kappa shape index (κ2) is 8.24. The van der Waals surface area contributed by atoms with Crippen LogP contribution in [-0.4, -0.2) is 4.57 Å². The zero-order valence-electron chi connectivity index (χ0n) is 20.1. The van der Waals surface area contributed by atoms with E-state index in [2.05, 4.69) is 47.0 Å². The van der Waals surface area contributed by atoms with E-state index in [1.54, 1.807) is 6.07 Å². The summed E-state index contributed by atoms with van der Waals surface area (Å²) in [5.74, 6) is -0.397. The first kappa shape index (κ1) is 21.7. The molecule has 176 valence electrons. The number of aromatic nitrogens is 1. The molecule has 0 amide bonds. The van der Waals surface area contributed by atoms with Crippen molar-refractivity contribution in [1.29, 1.82) is 15.8 Å². The van der Waals surface area contributed by atoms with Gasteiger partial charge in [-0.15, -0.1) is 0 Å². The summed E-state index contributed by atoms with van der Waals surface area (Å²) in [4.78, 5) is 0. The molecule has 0 N–H and O–H groups in total. The van der Waals surface area contributed by atoms with Crippen LogP contribution in [0.5, 0.6) is 0 Å². The molecule has 0 aliphatic heterocycles. The smallest absolute Gasteiger partial charge is 0.135 e. The number of hydrogen-bond donors (Lipinski definition) is 0. The normalized spacial score (nSPS) is 16.9. The van der Waals surface area contributed by atoms with Crippen molar-refractivity contribution in [3.05, 3.63) is 114 Å². The van der Waals surface area contributed by atoms with Crippen molar-refractivity contribution < 1.29 is 4.42 Å². The maximum Gasteiger partial charge on any atom is 0.135 e. The van der Waals surface area contributed by atoms with Gasteiger partial charge in [-0.2, -0.15) is 15.8 Å². The second-order valence-corrected chi connectivity index (χ2v) is 9.47. The van der Waals surface area contributed by atoms with E-state index < -0.39 is 5.92 Å². The molecular formula is C33H18N4O. The first-order valence-corrected chi connectivity index (χ1v) is 12.3. The van der Waals surface area contributed by atoms with E-state index >= 15 is 0 Å². The minimum absolute atomic E-state index is 0.286. The first-order valence-electron chi connectivity index (χ1n) is 12.3. The molecule has 38 heavy (non-hydrogen) atoms. The molecule has 6 aromatic rings. The highest BCUT2D eigenvalue weighted by molar-refractivity contribution is 6.09. The topological polar surface area (TPSA) is 89.4 Å². The lowest BCUT2D eigenvalue weighted by Gasteiger charge is -2.29. The Morgan fingerprint density at radius 3 is 2.16 bits per heavy atom. The number of nitrogens with zero attached hydrogens (tertiary/aromatic N) is 4. The monoisotopic (exact) mass is 486 g/mol. The van der Waals surface area contributed by atoms with Crippen LogP contribution < -0.4 is 0 Å². The lowest BCUT2D eigenvalue weighted by atomic mass is 9.84. The Hall–Kier alpha value is -5.57. The van der Waals surface area contributed by atoms with Gasteiger partial charge in [0.2, 0.25) is 0 Å². The molecule has 2 unspecified atom stereocenters. The fraction of sp³-hybridized carbons (Fsp3) is 0.0606. The van der Waals surface area contributed by atoms with Gasteiger partial charge < -0.3 is 8.98 Å². The molecule has 2 aromatic heterocycles. The standard InChI is InChI=1S/C33H18N4O/c34-17-20-8-11-30-26(14-20)25-5-1-2-7-29(25)37(30)33-23(19-36)4-3-6-24(33)22-10-13-32-28(16-22)27-15-21(18-35)9-12-31(27)38-32/h1-16,23,33H. The molecule has 2 atom stereocenters. The van der Waals surface area contributed by atoms with Crippen molar-refractivity contribution >= 4 is 49.3 Å². The SMILES string of the molecule is N#Cc1ccc2oc3ccc(C4=CC=CC(C#N)C4n4c5ccccc5c5cc(C#N)ccc54)cc3c2c1. The highest BCUT2D eigenvalue weighted by Gasteiger charge is 2.31. The predicted molar refractivity (Wildman–Crippen MR) is 148 cm³/mol. The zero-order valence-corrected chi connectivity index (χ0v) is 20.1. The van der Waals surface area contributed by atoms with Crippen molar-refractivity contribution in [2.75, 3.05) is 0 Å². The molecular weight excluding hydrogens is 468 g/mol. The van der Waals surface area contributed by atoms with Crippen LogP contribution in [0.2, 0.25) is 0 Å². The van der Waals surface area contributed by atoms with Gasteiger partial charge in [-0.25, -0.2) is 0 Å². The Kier molecular flexibility index (Phi) is 4.70. The van der Waals surface area contributed by atoms with E-state index in [0.717, 1.165) is 54.9 Å². The van der Waals surface area contributed by atoms with Crippen LogP contribution in [-0.2, 0) is 0 Å². The Balaban J connectivity index is 1.49. The van der Waals surface area contributed by atoms with Crippen molar-refractivity contribution in [2.24, 2.45) is 5.92 Å². The molecule has 1 aliphatic rings. The number of para-hydroxylation sites is 1. The van der Waals surface area contributed by atoms with Gasteiger partial charge in [0.25, 0.3) is 0 Å². The van der Waals surface area contributed by atoms with Gasteiger partial charge >= 0.3 is 0 Å². The van der Waals surface area contributed by atoms with Crippen LogP contribution in [0.1, 0.15) is 22.7 Å². The molecule has 0 saturated carbocycles. The molecule has 0 saturated heterocycles. The fourth-order valence-corrected chi connectivity index (χ4v) is 5.76. The van der Waals surface area contributed by atoms with Crippen LogP contribution in [0.15, 0.2) is 102 Å².